The Morgan fingerprint density at radius 1 is 1.03 bits per heavy atom. The number of benzene rings is 2. The third-order valence-electron chi connectivity index (χ3n) is 7.52. The first-order valence-corrected chi connectivity index (χ1v) is 12.9. The van der Waals surface area contributed by atoms with Gasteiger partial charge in [-0.3, -0.25) is 9.59 Å². The summed E-state index contributed by atoms with van der Waals surface area (Å²) in [6, 6.07) is 13.7. The van der Waals surface area contributed by atoms with Gasteiger partial charge in [-0.05, 0) is 82.9 Å². The van der Waals surface area contributed by atoms with Crippen molar-refractivity contribution < 1.29 is 19.1 Å². The first kappa shape index (κ1) is 21.8. The molecule has 1 aliphatic heterocycles. The van der Waals surface area contributed by atoms with Gasteiger partial charge in [0.1, 0.15) is 6.61 Å². The average Bonchev–Trinajstić information content (AvgIpc) is 3.62. The molecule has 1 saturated heterocycles. The summed E-state index contributed by atoms with van der Waals surface area (Å²) < 4.78 is 12.8. The van der Waals surface area contributed by atoms with Gasteiger partial charge in [0.15, 0.2) is 11.5 Å². The SMILES string of the molecule is CCOc1cc(/C=N\N2C(=O)[C@@H]3[C@H]4C=C[C@@H]([C@@H]5C[C@H]45)[C@H]3C2=O)cc(I)c1OCc1ccccc1. The molecule has 6 nitrogen and oxygen atoms in total. The first-order valence-electron chi connectivity index (χ1n) is 11.8. The van der Waals surface area contributed by atoms with Gasteiger partial charge in [0.25, 0.3) is 11.8 Å². The molecule has 2 amide bonds. The molecular weight excluding hydrogens is 543 g/mol. The lowest BCUT2D eigenvalue weighted by molar-refractivity contribution is -0.140. The van der Waals surface area contributed by atoms with Gasteiger partial charge < -0.3 is 9.47 Å². The molecule has 0 spiro atoms. The van der Waals surface area contributed by atoms with Crippen LogP contribution in [0.2, 0.25) is 0 Å². The van der Waals surface area contributed by atoms with Crippen LogP contribution in [-0.4, -0.2) is 29.6 Å². The molecule has 7 rings (SSSR count). The molecule has 2 bridgehead atoms. The van der Waals surface area contributed by atoms with Crippen molar-refractivity contribution in [2.24, 2.45) is 40.6 Å². The van der Waals surface area contributed by atoms with Crippen LogP contribution in [0.4, 0.5) is 0 Å². The minimum absolute atomic E-state index is 0.154. The number of hydrazone groups is 1. The number of rotatable bonds is 7. The van der Waals surface area contributed by atoms with E-state index in [0.717, 1.165) is 26.1 Å². The van der Waals surface area contributed by atoms with Crippen LogP contribution in [0.15, 0.2) is 59.7 Å². The number of ether oxygens (including phenoxy) is 2. The number of halogens is 1. The minimum atomic E-state index is -0.240. The second-order valence-electron chi connectivity index (χ2n) is 9.42. The van der Waals surface area contributed by atoms with Gasteiger partial charge >= 0.3 is 0 Å². The maximum atomic E-state index is 13.1. The van der Waals surface area contributed by atoms with Crippen LogP contribution >= 0.6 is 22.6 Å². The molecule has 4 aliphatic carbocycles. The lowest BCUT2D eigenvalue weighted by atomic mass is 9.63. The van der Waals surface area contributed by atoms with E-state index in [1.165, 1.54) is 0 Å². The number of carbonyl (C=O) groups excluding carboxylic acids is 2. The fourth-order valence-corrected chi connectivity index (χ4v) is 6.76. The lowest BCUT2D eigenvalue weighted by Crippen LogP contribution is -2.40. The van der Waals surface area contributed by atoms with Crippen molar-refractivity contribution in [1.29, 1.82) is 0 Å². The summed E-state index contributed by atoms with van der Waals surface area (Å²) >= 11 is 2.22. The van der Waals surface area contributed by atoms with E-state index >= 15 is 0 Å². The highest BCUT2D eigenvalue weighted by Gasteiger charge is 2.67. The highest BCUT2D eigenvalue weighted by Crippen LogP contribution is 2.65. The van der Waals surface area contributed by atoms with E-state index in [4.69, 9.17) is 9.47 Å². The largest absolute Gasteiger partial charge is 0.490 e. The molecule has 3 fully saturated rings. The third-order valence-corrected chi connectivity index (χ3v) is 8.32. The van der Waals surface area contributed by atoms with Crippen LogP contribution in [0.1, 0.15) is 24.5 Å². The van der Waals surface area contributed by atoms with Crippen molar-refractivity contribution in [3.05, 3.63) is 69.3 Å². The number of imide groups is 1. The Bertz CT molecular complexity index is 1170. The highest BCUT2D eigenvalue weighted by atomic mass is 127. The quantitative estimate of drug-likeness (QED) is 0.211. The van der Waals surface area contributed by atoms with Crippen LogP contribution in [0, 0.1) is 39.1 Å². The van der Waals surface area contributed by atoms with Crippen molar-refractivity contribution in [1.82, 2.24) is 5.01 Å². The normalized spacial score (nSPS) is 30.6. The number of amides is 2. The van der Waals surface area contributed by atoms with E-state index in [-0.39, 0.29) is 35.5 Å². The second-order valence-corrected chi connectivity index (χ2v) is 10.6. The number of hydrogen-bond acceptors (Lipinski definition) is 5. The predicted octanol–water partition coefficient (Wildman–Crippen LogP) is 4.66. The molecule has 2 saturated carbocycles. The van der Waals surface area contributed by atoms with E-state index in [1.54, 1.807) is 6.21 Å². The fraction of sp³-hybridized carbons (Fsp3) is 0.370. The fourth-order valence-electron chi connectivity index (χ4n) is 5.97. The summed E-state index contributed by atoms with van der Waals surface area (Å²) in [6.07, 6.45) is 7.07. The number of allylic oxidation sites excluding steroid dienone is 2. The van der Waals surface area contributed by atoms with Crippen molar-refractivity contribution in [3.63, 3.8) is 0 Å². The van der Waals surface area contributed by atoms with E-state index in [0.29, 0.717) is 36.5 Å². The monoisotopic (exact) mass is 568 g/mol. The zero-order valence-corrected chi connectivity index (χ0v) is 20.9. The van der Waals surface area contributed by atoms with E-state index in [1.807, 2.05) is 49.4 Å². The molecule has 0 N–H and O–H groups in total. The molecule has 7 heteroatoms. The van der Waals surface area contributed by atoms with E-state index in [9.17, 15) is 9.59 Å². The Kier molecular flexibility index (Phi) is 5.47. The maximum Gasteiger partial charge on any atom is 0.254 e. The van der Waals surface area contributed by atoms with Gasteiger partial charge in [-0.1, -0.05) is 42.5 Å². The predicted molar refractivity (Wildman–Crippen MR) is 135 cm³/mol. The molecule has 0 aromatic heterocycles. The Balaban J connectivity index is 1.22. The van der Waals surface area contributed by atoms with Crippen LogP contribution in [0.25, 0.3) is 0 Å². The molecule has 174 valence electrons. The summed E-state index contributed by atoms with van der Waals surface area (Å²) in [7, 11) is 0. The zero-order chi connectivity index (χ0) is 23.4. The van der Waals surface area contributed by atoms with Gasteiger partial charge in [-0.2, -0.15) is 10.1 Å². The van der Waals surface area contributed by atoms with Crippen LogP contribution < -0.4 is 9.47 Å². The standard InChI is InChI=1S/C27H25IN2O4/c1-2-33-22-11-16(10-21(28)25(22)34-14-15-6-4-3-5-7-15)13-29-30-26(31)23-17-8-9-18(20-12-19(17)20)24(23)27(30)32/h3-11,13,17-20,23-24H,2,12,14H2,1H3/b29-13-/t17-,18-,19-,20+,23+,24+/m0/s1. The topological polar surface area (TPSA) is 68.2 Å². The summed E-state index contributed by atoms with van der Waals surface area (Å²) in [5, 5.41) is 5.47. The smallest absolute Gasteiger partial charge is 0.254 e. The lowest BCUT2D eigenvalue weighted by Gasteiger charge is -2.37. The molecule has 0 unspecified atom stereocenters. The van der Waals surface area contributed by atoms with Crippen LogP contribution in [0.5, 0.6) is 11.5 Å². The van der Waals surface area contributed by atoms with Crippen molar-refractivity contribution in [2.75, 3.05) is 6.61 Å². The second kappa shape index (κ2) is 8.52. The highest BCUT2D eigenvalue weighted by molar-refractivity contribution is 14.1. The summed E-state index contributed by atoms with van der Waals surface area (Å²) in [6.45, 7) is 2.84. The van der Waals surface area contributed by atoms with Gasteiger partial charge in [0, 0.05) is 0 Å². The molecule has 0 radical (unpaired) electrons. The minimum Gasteiger partial charge on any atom is -0.490 e. The molecule has 2 aromatic carbocycles. The molecule has 34 heavy (non-hydrogen) atoms. The van der Waals surface area contributed by atoms with E-state index < -0.39 is 0 Å². The Hall–Kier alpha value is -2.68. The molecule has 1 heterocycles. The third kappa shape index (κ3) is 3.56. The summed E-state index contributed by atoms with van der Waals surface area (Å²) in [5.41, 5.74) is 1.82. The van der Waals surface area contributed by atoms with E-state index in [2.05, 4.69) is 39.8 Å². The number of carbonyl (C=O) groups is 2. The van der Waals surface area contributed by atoms with Gasteiger partial charge in [-0.25, -0.2) is 0 Å². The van der Waals surface area contributed by atoms with Crippen molar-refractivity contribution in [2.45, 2.75) is 20.0 Å². The van der Waals surface area contributed by atoms with Crippen molar-refractivity contribution in [3.8, 4) is 11.5 Å². The Labute approximate surface area is 212 Å². The first-order chi connectivity index (χ1) is 16.6. The average molecular weight is 568 g/mol. The van der Waals surface area contributed by atoms with Crippen LogP contribution in [-0.2, 0) is 16.2 Å². The molecular formula is C27H25IN2O4. The Morgan fingerprint density at radius 2 is 1.71 bits per heavy atom. The zero-order valence-electron chi connectivity index (χ0n) is 18.8. The number of nitrogens with zero attached hydrogens (tertiary/aromatic N) is 2. The van der Waals surface area contributed by atoms with Crippen molar-refractivity contribution >= 4 is 40.6 Å². The molecule has 5 aliphatic rings. The summed E-state index contributed by atoms with van der Waals surface area (Å²) in [5.74, 6) is 2.05. The number of hydrogen-bond donors (Lipinski definition) is 0. The van der Waals surface area contributed by atoms with Gasteiger partial charge in [-0.15, -0.1) is 0 Å². The van der Waals surface area contributed by atoms with Gasteiger partial charge in [0.2, 0.25) is 0 Å². The van der Waals surface area contributed by atoms with Crippen LogP contribution in [0.3, 0.4) is 0 Å². The molecule has 6 atom stereocenters. The van der Waals surface area contributed by atoms with Gasteiger partial charge in [0.05, 0.1) is 28.2 Å². The maximum absolute atomic E-state index is 13.1. The molecule has 2 aromatic rings. The summed E-state index contributed by atoms with van der Waals surface area (Å²) in [4.78, 5) is 26.3. The Morgan fingerprint density at radius 3 is 2.35 bits per heavy atom.